The highest BCUT2D eigenvalue weighted by molar-refractivity contribution is 7.22. The minimum Gasteiger partial charge on any atom is -0.344 e. The van der Waals surface area contributed by atoms with Crippen LogP contribution in [0.3, 0.4) is 0 Å². The van der Waals surface area contributed by atoms with E-state index in [-0.39, 0.29) is 0 Å². The van der Waals surface area contributed by atoms with Crippen molar-refractivity contribution < 1.29 is 0 Å². The van der Waals surface area contributed by atoms with E-state index in [1.54, 1.807) is 0 Å². The number of hydrogen-bond donors (Lipinski definition) is 0. The Morgan fingerprint density at radius 3 is 1.72 bits per heavy atom. The molecular weight excluding hydrogens is 535 g/mol. The van der Waals surface area contributed by atoms with Crippen LogP contribution < -0.4 is 20.7 Å². The number of aryl methyl sites for hydroxylation is 1. The van der Waals surface area contributed by atoms with E-state index in [9.17, 15) is 0 Å². The topological polar surface area (TPSA) is 4.93 Å². The van der Waals surface area contributed by atoms with E-state index < -0.39 is 8.07 Å². The highest BCUT2D eigenvalue weighted by atomic mass is 28.3. The van der Waals surface area contributed by atoms with Crippen LogP contribution in [0.5, 0.6) is 0 Å². The molecule has 1 aromatic heterocycles. The zero-order valence-electron chi connectivity index (χ0n) is 24.0. The van der Waals surface area contributed by atoms with E-state index >= 15 is 0 Å². The molecule has 0 unspecified atom stereocenters. The lowest BCUT2D eigenvalue weighted by atomic mass is 9.99. The average Bonchev–Trinajstić information content (AvgIpc) is 3.53. The second-order valence-electron chi connectivity index (χ2n) is 11.8. The second kappa shape index (κ2) is 9.16. The van der Waals surface area contributed by atoms with Crippen LogP contribution in [0.1, 0.15) is 0 Å². The monoisotopic (exact) mass is 563 g/mol. The van der Waals surface area contributed by atoms with Crippen molar-refractivity contribution in [2.75, 3.05) is 0 Å². The Morgan fingerprint density at radius 1 is 0.419 bits per heavy atom. The molecule has 0 bridgehead atoms. The summed E-state index contributed by atoms with van der Waals surface area (Å²) in [6.45, 7) is 0. The van der Waals surface area contributed by atoms with Crippen LogP contribution >= 0.6 is 0 Å². The molecule has 9 rings (SSSR count). The summed E-state index contributed by atoms with van der Waals surface area (Å²) in [6.07, 6.45) is 0. The summed E-state index contributed by atoms with van der Waals surface area (Å²) in [6, 6.07) is 59.2. The average molecular weight is 564 g/mol. The van der Waals surface area contributed by atoms with Gasteiger partial charge in [-0.2, -0.15) is 0 Å². The van der Waals surface area contributed by atoms with Crippen molar-refractivity contribution in [3.8, 4) is 22.3 Å². The van der Waals surface area contributed by atoms with Crippen molar-refractivity contribution in [2.45, 2.75) is 0 Å². The van der Waals surface area contributed by atoms with Gasteiger partial charge in [-0.1, -0.05) is 140 Å². The Balaban J connectivity index is 1.30. The molecule has 1 aliphatic rings. The van der Waals surface area contributed by atoms with E-state index in [0.717, 1.165) is 0 Å². The van der Waals surface area contributed by atoms with Gasteiger partial charge in [0.15, 0.2) is 8.07 Å². The lowest BCUT2D eigenvalue weighted by Gasteiger charge is -2.31. The third kappa shape index (κ3) is 3.39. The maximum Gasteiger partial charge on any atom is 0.180 e. The summed E-state index contributed by atoms with van der Waals surface area (Å²) < 4.78 is 2.36. The van der Waals surface area contributed by atoms with Crippen LogP contribution in [0.4, 0.5) is 0 Å². The van der Waals surface area contributed by atoms with Gasteiger partial charge in [-0.3, -0.25) is 0 Å². The minimum atomic E-state index is -2.51. The maximum absolute atomic E-state index is 2.51. The first kappa shape index (κ1) is 24.4. The van der Waals surface area contributed by atoms with Gasteiger partial charge in [-0.15, -0.1) is 0 Å². The van der Waals surface area contributed by atoms with Crippen LogP contribution in [0.2, 0.25) is 0 Å². The first-order valence-corrected chi connectivity index (χ1v) is 17.0. The van der Waals surface area contributed by atoms with Gasteiger partial charge < -0.3 is 4.57 Å². The Kier molecular flexibility index (Phi) is 5.20. The summed E-state index contributed by atoms with van der Waals surface area (Å²) in [5.41, 5.74) is 7.81. The van der Waals surface area contributed by atoms with Crippen LogP contribution in [-0.4, -0.2) is 12.6 Å². The zero-order valence-corrected chi connectivity index (χ0v) is 25.0. The normalized spacial score (nSPS) is 13.4. The molecule has 1 nitrogen and oxygen atoms in total. The molecule has 43 heavy (non-hydrogen) atoms. The second-order valence-corrected chi connectivity index (χ2v) is 15.5. The number of benzene rings is 7. The van der Waals surface area contributed by atoms with E-state index in [1.807, 2.05) is 0 Å². The first-order chi connectivity index (χ1) is 21.2. The van der Waals surface area contributed by atoms with Gasteiger partial charge in [0.2, 0.25) is 0 Å². The maximum atomic E-state index is 2.51. The van der Waals surface area contributed by atoms with Crippen molar-refractivity contribution in [2.24, 2.45) is 7.05 Å². The SMILES string of the molecule is Cn1c2cc(-c3ccc4c(c3)[Si](c3ccccc3)(c3ccccc3)c3ccccc3-4)ccc2c2cc3ccccc3cc21. The van der Waals surface area contributed by atoms with Gasteiger partial charge in [-0.25, -0.2) is 0 Å². The third-order valence-corrected chi connectivity index (χ3v) is 14.5. The highest BCUT2D eigenvalue weighted by Gasteiger charge is 2.48. The molecule has 0 saturated heterocycles. The van der Waals surface area contributed by atoms with Crippen LogP contribution in [0, 0.1) is 0 Å². The van der Waals surface area contributed by atoms with Crippen molar-refractivity contribution in [1.29, 1.82) is 0 Å². The lowest BCUT2D eigenvalue weighted by molar-refractivity contribution is 1.02. The standard InChI is InChI=1S/C41H29NSi/c1-42-38-26-30(20-22-34(38)37-24-28-12-8-9-13-29(28)25-39(37)42)31-21-23-36-35-18-10-11-19-40(35)43(41(36)27-31,32-14-4-2-5-15-32)33-16-6-3-7-17-33/h2-27H,1H3. The molecule has 0 N–H and O–H groups in total. The van der Waals surface area contributed by atoms with E-state index in [4.69, 9.17) is 0 Å². The first-order valence-electron chi connectivity index (χ1n) is 15.0. The van der Waals surface area contributed by atoms with Crippen molar-refractivity contribution in [1.82, 2.24) is 4.57 Å². The molecule has 0 radical (unpaired) electrons. The molecule has 0 saturated carbocycles. The Morgan fingerprint density at radius 2 is 0.977 bits per heavy atom. The summed E-state index contributed by atoms with van der Waals surface area (Å²) in [7, 11) is -0.315. The molecule has 2 heteroatoms. The number of rotatable bonds is 3. The fraction of sp³-hybridized carbons (Fsp3) is 0.0244. The van der Waals surface area contributed by atoms with Gasteiger partial charge in [0.05, 0.1) is 0 Å². The van der Waals surface area contributed by atoms with Gasteiger partial charge in [-0.05, 0) is 72.0 Å². The van der Waals surface area contributed by atoms with E-state index in [0.29, 0.717) is 0 Å². The molecule has 7 aromatic carbocycles. The van der Waals surface area contributed by atoms with Crippen LogP contribution in [-0.2, 0) is 7.05 Å². The number of hydrogen-bond acceptors (Lipinski definition) is 0. The fourth-order valence-corrected chi connectivity index (χ4v) is 12.9. The van der Waals surface area contributed by atoms with Gasteiger partial charge in [0.25, 0.3) is 0 Å². The molecule has 0 amide bonds. The summed E-state index contributed by atoms with van der Waals surface area (Å²) in [5, 5.41) is 11.0. The van der Waals surface area contributed by atoms with Gasteiger partial charge >= 0.3 is 0 Å². The molecule has 0 spiro atoms. The van der Waals surface area contributed by atoms with E-state index in [1.165, 1.54) is 75.6 Å². The molecule has 1 aliphatic heterocycles. The molecule has 0 aliphatic carbocycles. The molecule has 0 fully saturated rings. The van der Waals surface area contributed by atoms with Gasteiger partial charge in [0, 0.05) is 28.9 Å². The molecule has 0 atom stereocenters. The van der Waals surface area contributed by atoms with Crippen LogP contribution in [0.15, 0.2) is 158 Å². The number of aromatic nitrogens is 1. The number of fused-ring (bicyclic) bond motifs is 7. The summed E-state index contributed by atoms with van der Waals surface area (Å²) >= 11 is 0. The predicted molar refractivity (Wildman–Crippen MR) is 186 cm³/mol. The molecule has 202 valence electrons. The zero-order chi connectivity index (χ0) is 28.5. The minimum absolute atomic E-state index is 1.26. The Bertz CT molecular complexity index is 2310. The Labute approximate surface area is 252 Å². The molecule has 8 aromatic rings. The molecule has 2 heterocycles. The van der Waals surface area contributed by atoms with Gasteiger partial charge in [0.1, 0.15) is 0 Å². The largest absolute Gasteiger partial charge is 0.344 e. The quantitative estimate of drug-likeness (QED) is 0.196. The predicted octanol–water partition coefficient (Wildman–Crippen LogP) is 7.51. The lowest BCUT2D eigenvalue weighted by Crippen LogP contribution is -2.72. The van der Waals surface area contributed by atoms with Crippen molar-refractivity contribution >= 4 is 61.4 Å². The van der Waals surface area contributed by atoms with Crippen molar-refractivity contribution in [3.63, 3.8) is 0 Å². The Hall–Kier alpha value is -5.18. The van der Waals surface area contributed by atoms with Crippen LogP contribution in [0.25, 0.3) is 54.8 Å². The summed E-state index contributed by atoms with van der Waals surface area (Å²) in [5.74, 6) is 0. The summed E-state index contributed by atoms with van der Waals surface area (Å²) in [4.78, 5) is 0. The van der Waals surface area contributed by atoms with Crippen molar-refractivity contribution in [3.05, 3.63) is 158 Å². The number of nitrogens with zero attached hydrogens (tertiary/aromatic N) is 1. The van der Waals surface area contributed by atoms with E-state index in [2.05, 4.69) is 169 Å². The highest BCUT2D eigenvalue weighted by Crippen LogP contribution is 2.36. The fourth-order valence-electron chi connectivity index (χ4n) is 7.69. The smallest absolute Gasteiger partial charge is 0.180 e. The molecular formula is C41H29NSi. The third-order valence-electron chi connectivity index (χ3n) is 9.67.